The second-order valence-electron chi connectivity index (χ2n) is 8.07. The van der Waals surface area contributed by atoms with Crippen LogP contribution in [0.15, 0.2) is 86.0 Å². The summed E-state index contributed by atoms with van der Waals surface area (Å²) in [6.07, 6.45) is 14.0. The van der Waals surface area contributed by atoms with Gasteiger partial charge >= 0.3 is 0 Å². The molecular weight excluding hydrogens is 362 g/mol. The zero-order valence-corrected chi connectivity index (χ0v) is 19.8. The summed E-state index contributed by atoms with van der Waals surface area (Å²) in [7, 11) is 4.21. The summed E-state index contributed by atoms with van der Waals surface area (Å²) in [5, 5.41) is 2.57. The summed E-state index contributed by atoms with van der Waals surface area (Å²) in [6.45, 7) is 15.7. The standard InChI is InChI=1S/C23H26.C6H15N/c1-5-8-15-20(18(4)7-3)22(12-6-2)23-17-11-14-19-13-9-10-16-21(19)23;1-4-5-6-7(2)3/h5-6,8-18,20H,1-2,7H2,3-4H3;4-6H2,1-3H3/b15-8?,22-12+;. The van der Waals surface area contributed by atoms with Crippen molar-refractivity contribution in [3.05, 3.63) is 91.6 Å². The SMILES string of the molecule is C=CC=CC(/C(=C\C=C)c1cccc2ccccc12)C(C)CC.CCCCN(C)C. The number of unbranched alkanes of at least 4 members (excludes halogenated alkanes) is 1. The van der Waals surface area contributed by atoms with Crippen LogP contribution in [0, 0.1) is 11.8 Å². The number of nitrogens with zero attached hydrogens (tertiary/aromatic N) is 1. The molecule has 0 N–H and O–H groups in total. The van der Waals surface area contributed by atoms with E-state index in [-0.39, 0.29) is 0 Å². The van der Waals surface area contributed by atoms with Crippen molar-refractivity contribution in [1.29, 1.82) is 0 Å². The molecule has 2 rings (SSSR count). The first-order chi connectivity index (χ1) is 14.5. The van der Waals surface area contributed by atoms with E-state index in [1.165, 1.54) is 41.3 Å². The molecule has 1 heteroatoms. The number of allylic oxidation sites excluding steroid dienone is 6. The van der Waals surface area contributed by atoms with Crippen LogP contribution in [0.2, 0.25) is 0 Å². The van der Waals surface area contributed by atoms with Crippen LogP contribution in [-0.4, -0.2) is 25.5 Å². The molecule has 2 aromatic carbocycles. The summed E-state index contributed by atoms with van der Waals surface area (Å²) in [6, 6.07) is 15.1. The highest BCUT2D eigenvalue weighted by Crippen LogP contribution is 2.36. The van der Waals surface area contributed by atoms with Gasteiger partial charge in [0.05, 0.1) is 0 Å². The van der Waals surface area contributed by atoms with Crippen LogP contribution in [0.5, 0.6) is 0 Å². The van der Waals surface area contributed by atoms with Crippen molar-refractivity contribution < 1.29 is 0 Å². The van der Waals surface area contributed by atoms with Crippen molar-refractivity contribution in [3.63, 3.8) is 0 Å². The lowest BCUT2D eigenvalue weighted by Gasteiger charge is -2.24. The summed E-state index contributed by atoms with van der Waals surface area (Å²) in [5.41, 5.74) is 2.62. The highest BCUT2D eigenvalue weighted by Gasteiger charge is 2.20. The van der Waals surface area contributed by atoms with Crippen LogP contribution in [-0.2, 0) is 0 Å². The number of hydrogen-bond donors (Lipinski definition) is 0. The predicted octanol–water partition coefficient (Wildman–Crippen LogP) is 8.16. The van der Waals surface area contributed by atoms with E-state index in [9.17, 15) is 0 Å². The molecule has 0 fully saturated rings. The first-order valence-corrected chi connectivity index (χ1v) is 11.2. The van der Waals surface area contributed by atoms with Gasteiger partial charge in [-0.2, -0.15) is 0 Å². The Kier molecular flexibility index (Phi) is 12.5. The van der Waals surface area contributed by atoms with E-state index in [4.69, 9.17) is 0 Å². The second-order valence-corrected chi connectivity index (χ2v) is 8.07. The van der Waals surface area contributed by atoms with Crippen LogP contribution >= 0.6 is 0 Å². The maximum atomic E-state index is 3.93. The molecule has 0 heterocycles. The van der Waals surface area contributed by atoms with Gasteiger partial charge in [-0.1, -0.05) is 120 Å². The van der Waals surface area contributed by atoms with Gasteiger partial charge in [-0.3, -0.25) is 0 Å². The third-order valence-electron chi connectivity index (χ3n) is 5.43. The van der Waals surface area contributed by atoms with E-state index in [2.05, 4.69) is 114 Å². The van der Waals surface area contributed by atoms with Gasteiger partial charge < -0.3 is 4.90 Å². The molecule has 0 saturated carbocycles. The molecule has 0 aliphatic heterocycles. The minimum Gasteiger partial charge on any atom is -0.309 e. The van der Waals surface area contributed by atoms with Gasteiger partial charge in [0.1, 0.15) is 0 Å². The Morgan fingerprint density at radius 1 is 1.00 bits per heavy atom. The van der Waals surface area contributed by atoms with Gasteiger partial charge in [-0.15, -0.1) is 0 Å². The summed E-state index contributed by atoms with van der Waals surface area (Å²) >= 11 is 0. The van der Waals surface area contributed by atoms with Crippen molar-refractivity contribution >= 4 is 16.3 Å². The van der Waals surface area contributed by atoms with Gasteiger partial charge in [0.25, 0.3) is 0 Å². The molecule has 2 aromatic rings. The third kappa shape index (κ3) is 8.16. The van der Waals surface area contributed by atoms with E-state index in [1.54, 1.807) is 0 Å². The second kappa shape index (κ2) is 14.6. The summed E-state index contributed by atoms with van der Waals surface area (Å²) in [5.74, 6) is 0.901. The molecule has 0 spiro atoms. The summed E-state index contributed by atoms with van der Waals surface area (Å²) < 4.78 is 0. The molecule has 0 saturated heterocycles. The minimum atomic E-state index is 0.349. The highest BCUT2D eigenvalue weighted by molar-refractivity contribution is 5.94. The molecule has 0 aliphatic carbocycles. The van der Waals surface area contributed by atoms with Gasteiger partial charge in [-0.05, 0) is 54.9 Å². The van der Waals surface area contributed by atoms with E-state index in [0.717, 1.165) is 6.42 Å². The molecule has 162 valence electrons. The first-order valence-electron chi connectivity index (χ1n) is 11.2. The van der Waals surface area contributed by atoms with Crippen molar-refractivity contribution in [3.8, 4) is 0 Å². The van der Waals surface area contributed by atoms with Crippen LogP contribution < -0.4 is 0 Å². The third-order valence-corrected chi connectivity index (χ3v) is 5.43. The number of benzene rings is 2. The quantitative estimate of drug-likeness (QED) is 0.362. The Bertz CT molecular complexity index is 820. The zero-order chi connectivity index (χ0) is 22.4. The summed E-state index contributed by atoms with van der Waals surface area (Å²) in [4.78, 5) is 2.21. The number of fused-ring (bicyclic) bond motifs is 1. The molecule has 0 aromatic heterocycles. The topological polar surface area (TPSA) is 3.24 Å². The van der Waals surface area contributed by atoms with Crippen LogP contribution in [0.4, 0.5) is 0 Å². The maximum absolute atomic E-state index is 3.93. The first kappa shape index (κ1) is 25.7. The average molecular weight is 404 g/mol. The lowest BCUT2D eigenvalue weighted by atomic mass is 9.80. The van der Waals surface area contributed by atoms with Crippen LogP contribution in [0.1, 0.15) is 45.6 Å². The molecule has 2 unspecified atom stereocenters. The minimum absolute atomic E-state index is 0.349. The Morgan fingerprint density at radius 3 is 2.27 bits per heavy atom. The Labute approximate surface area is 185 Å². The maximum Gasteiger partial charge on any atom is 0.00527 e. The zero-order valence-electron chi connectivity index (χ0n) is 19.8. The lowest BCUT2D eigenvalue weighted by molar-refractivity contribution is 0.398. The fraction of sp³-hybridized carbons (Fsp3) is 0.379. The predicted molar refractivity (Wildman–Crippen MR) is 138 cm³/mol. The van der Waals surface area contributed by atoms with E-state index >= 15 is 0 Å². The normalized spacial score (nSPS) is 13.7. The van der Waals surface area contributed by atoms with Crippen molar-refractivity contribution in [2.24, 2.45) is 11.8 Å². The number of rotatable bonds is 10. The van der Waals surface area contributed by atoms with Gasteiger partial charge in [0, 0.05) is 5.92 Å². The monoisotopic (exact) mass is 403 g/mol. The fourth-order valence-electron chi connectivity index (χ4n) is 3.51. The molecule has 0 amide bonds. The number of hydrogen-bond acceptors (Lipinski definition) is 1. The van der Waals surface area contributed by atoms with Gasteiger partial charge in [-0.25, -0.2) is 0 Å². The molecular formula is C29H41N. The van der Waals surface area contributed by atoms with E-state index < -0.39 is 0 Å². The Morgan fingerprint density at radius 2 is 1.70 bits per heavy atom. The molecule has 0 bridgehead atoms. The smallest absolute Gasteiger partial charge is 0.00527 e. The van der Waals surface area contributed by atoms with Crippen molar-refractivity contribution in [2.45, 2.75) is 40.0 Å². The molecule has 0 radical (unpaired) electrons. The largest absolute Gasteiger partial charge is 0.309 e. The molecule has 1 nitrogen and oxygen atoms in total. The van der Waals surface area contributed by atoms with Gasteiger partial charge in [0.15, 0.2) is 0 Å². The van der Waals surface area contributed by atoms with E-state index in [0.29, 0.717) is 11.8 Å². The van der Waals surface area contributed by atoms with Crippen molar-refractivity contribution in [2.75, 3.05) is 20.6 Å². The Balaban J connectivity index is 0.000000553. The molecule has 2 atom stereocenters. The van der Waals surface area contributed by atoms with Gasteiger partial charge in [0.2, 0.25) is 0 Å². The average Bonchev–Trinajstić information content (AvgIpc) is 2.77. The fourth-order valence-corrected chi connectivity index (χ4v) is 3.51. The lowest BCUT2D eigenvalue weighted by Crippen LogP contribution is -2.12. The van der Waals surface area contributed by atoms with Crippen LogP contribution in [0.25, 0.3) is 16.3 Å². The van der Waals surface area contributed by atoms with Crippen molar-refractivity contribution in [1.82, 2.24) is 4.90 Å². The highest BCUT2D eigenvalue weighted by atomic mass is 15.0. The van der Waals surface area contributed by atoms with E-state index in [1.807, 2.05) is 12.2 Å². The molecule has 0 aliphatic rings. The molecule has 30 heavy (non-hydrogen) atoms. The van der Waals surface area contributed by atoms with Crippen LogP contribution in [0.3, 0.4) is 0 Å². The Hall–Kier alpha value is -2.38.